The van der Waals surface area contributed by atoms with Crippen molar-refractivity contribution in [3.8, 4) is 17.3 Å². The highest BCUT2D eigenvalue weighted by Gasteiger charge is 2.21. The Bertz CT molecular complexity index is 837. The Balaban J connectivity index is 2.16. The van der Waals surface area contributed by atoms with Crippen LogP contribution in [0.1, 0.15) is 20.8 Å². The lowest BCUT2D eigenvalue weighted by atomic mass is 10.3. The van der Waals surface area contributed by atoms with E-state index in [9.17, 15) is 9.59 Å². The average molecular weight is 441 g/mol. The van der Waals surface area contributed by atoms with Gasteiger partial charge in [0.25, 0.3) is 0 Å². The van der Waals surface area contributed by atoms with E-state index in [1.165, 1.54) is 11.8 Å². The summed E-state index contributed by atoms with van der Waals surface area (Å²) in [6, 6.07) is 0. The van der Waals surface area contributed by atoms with Crippen molar-refractivity contribution in [2.24, 2.45) is 0 Å². The predicted molar refractivity (Wildman–Crippen MR) is 110 cm³/mol. The Hall–Kier alpha value is -2.60. The molecular formula is C18H28N6O5S. The molecule has 0 bridgehead atoms. The summed E-state index contributed by atoms with van der Waals surface area (Å²) in [4.78, 5) is 23.4. The average Bonchev–Trinajstić information content (AvgIpc) is 3.33. The van der Waals surface area contributed by atoms with Crippen molar-refractivity contribution < 1.29 is 23.8 Å². The van der Waals surface area contributed by atoms with Crippen LogP contribution in [-0.2, 0) is 32.2 Å². The zero-order valence-electron chi connectivity index (χ0n) is 17.7. The molecule has 1 amide bonds. The predicted octanol–water partition coefficient (Wildman–Crippen LogP) is 0.978. The second kappa shape index (κ2) is 12.2. The molecule has 0 saturated carbocycles. The number of hydrogen-bond donors (Lipinski definition) is 1. The van der Waals surface area contributed by atoms with Gasteiger partial charge in [0.15, 0.2) is 11.0 Å². The molecule has 0 aromatic carbocycles. The summed E-state index contributed by atoms with van der Waals surface area (Å²) < 4.78 is 19.3. The molecule has 2 rings (SSSR count). The van der Waals surface area contributed by atoms with Crippen LogP contribution in [-0.4, -0.2) is 75.6 Å². The van der Waals surface area contributed by atoms with Gasteiger partial charge in [-0.2, -0.15) is 0 Å². The third-order valence-corrected chi connectivity index (χ3v) is 4.84. The molecule has 0 spiro atoms. The number of hydrogen-bond acceptors (Lipinski definition) is 9. The molecular weight excluding hydrogens is 412 g/mol. The number of aromatic nitrogens is 5. The number of rotatable bonds is 13. The minimum Gasteiger partial charge on any atom is -0.476 e. The van der Waals surface area contributed by atoms with E-state index in [-0.39, 0.29) is 24.8 Å². The van der Waals surface area contributed by atoms with E-state index in [2.05, 4.69) is 20.6 Å². The van der Waals surface area contributed by atoms with Crippen LogP contribution in [0.15, 0.2) is 11.4 Å². The van der Waals surface area contributed by atoms with E-state index in [4.69, 9.17) is 14.2 Å². The van der Waals surface area contributed by atoms with Crippen LogP contribution in [0.5, 0.6) is 5.88 Å². The van der Waals surface area contributed by atoms with Crippen molar-refractivity contribution in [2.45, 2.75) is 39.0 Å². The largest absolute Gasteiger partial charge is 0.476 e. The van der Waals surface area contributed by atoms with Gasteiger partial charge < -0.3 is 19.5 Å². The first-order valence-corrected chi connectivity index (χ1v) is 10.7. The number of carbonyl (C=O) groups excluding carboxylic acids is 2. The molecule has 12 heteroatoms. The normalized spacial score (nSPS) is 10.8. The molecule has 0 aliphatic carbocycles. The summed E-state index contributed by atoms with van der Waals surface area (Å²) in [6.07, 6.45) is 1.86. The van der Waals surface area contributed by atoms with E-state index >= 15 is 0 Å². The van der Waals surface area contributed by atoms with Crippen molar-refractivity contribution in [1.82, 2.24) is 29.9 Å². The first-order valence-electron chi connectivity index (χ1n) is 9.71. The minimum atomic E-state index is -0.474. The molecule has 2 heterocycles. The van der Waals surface area contributed by atoms with Gasteiger partial charge in [0.05, 0.1) is 32.1 Å². The van der Waals surface area contributed by atoms with Crippen LogP contribution in [0.25, 0.3) is 11.4 Å². The number of carbonyl (C=O) groups is 2. The monoisotopic (exact) mass is 440 g/mol. The van der Waals surface area contributed by atoms with Crippen LogP contribution in [0.2, 0.25) is 0 Å². The number of ether oxygens (including phenoxy) is 3. The molecule has 0 aliphatic rings. The fourth-order valence-electron chi connectivity index (χ4n) is 2.51. The third kappa shape index (κ3) is 6.46. The number of nitrogens with one attached hydrogen (secondary N) is 1. The van der Waals surface area contributed by atoms with Gasteiger partial charge in [0.1, 0.15) is 12.1 Å². The Morgan fingerprint density at radius 2 is 2.00 bits per heavy atom. The van der Waals surface area contributed by atoms with Crippen LogP contribution < -0.4 is 10.1 Å². The quantitative estimate of drug-likeness (QED) is 0.359. The maximum absolute atomic E-state index is 12.1. The van der Waals surface area contributed by atoms with Crippen molar-refractivity contribution in [3.05, 3.63) is 6.20 Å². The lowest BCUT2D eigenvalue weighted by molar-refractivity contribution is -0.143. The number of esters is 1. The van der Waals surface area contributed by atoms with Crippen molar-refractivity contribution >= 4 is 23.6 Å². The molecule has 0 aliphatic heterocycles. The van der Waals surface area contributed by atoms with Crippen LogP contribution in [0, 0.1) is 0 Å². The lowest BCUT2D eigenvalue weighted by Crippen LogP contribution is -2.31. The smallest absolute Gasteiger partial charge is 0.325 e. The summed E-state index contributed by atoms with van der Waals surface area (Å²) in [5.41, 5.74) is 0.723. The number of aryl methyl sites for hydroxylation is 1. The molecule has 1 N–H and O–H groups in total. The summed E-state index contributed by atoms with van der Waals surface area (Å²) in [5, 5.41) is 16.0. The standard InChI is InChI=1S/C18H28N6O5S/c1-5-23-11-13(17(22-23)29-7-3)16-20-21-18(24(16)8-9-27-4)30-12-14(25)19-10-15(26)28-6-2/h11H,5-10,12H2,1-4H3,(H,19,25). The van der Waals surface area contributed by atoms with Gasteiger partial charge in [-0.05, 0) is 20.8 Å². The molecule has 0 fully saturated rings. The molecule has 0 unspecified atom stereocenters. The number of nitrogens with zero attached hydrogens (tertiary/aromatic N) is 5. The topological polar surface area (TPSA) is 122 Å². The molecule has 0 radical (unpaired) electrons. The third-order valence-electron chi connectivity index (χ3n) is 3.88. The Kier molecular flexibility index (Phi) is 9.61. The van der Waals surface area contributed by atoms with Gasteiger partial charge >= 0.3 is 5.97 Å². The van der Waals surface area contributed by atoms with Gasteiger partial charge in [0.2, 0.25) is 11.8 Å². The van der Waals surface area contributed by atoms with Gasteiger partial charge in [-0.15, -0.1) is 15.3 Å². The second-order valence-corrected chi connectivity index (χ2v) is 6.90. The van der Waals surface area contributed by atoms with E-state index < -0.39 is 5.97 Å². The highest BCUT2D eigenvalue weighted by atomic mass is 32.2. The second-order valence-electron chi connectivity index (χ2n) is 5.96. The summed E-state index contributed by atoms with van der Waals surface area (Å²) in [5.74, 6) is 0.373. The van der Waals surface area contributed by atoms with Gasteiger partial charge in [0, 0.05) is 19.9 Å². The zero-order chi connectivity index (χ0) is 21.9. The molecule has 0 saturated heterocycles. The maximum Gasteiger partial charge on any atom is 0.325 e. The van der Waals surface area contributed by atoms with Gasteiger partial charge in [-0.3, -0.25) is 18.8 Å². The van der Waals surface area contributed by atoms with Gasteiger partial charge in [-0.1, -0.05) is 11.8 Å². The first-order chi connectivity index (χ1) is 14.5. The van der Waals surface area contributed by atoms with Crippen molar-refractivity contribution in [3.63, 3.8) is 0 Å². The van der Waals surface area contributed by atoms with Crippen LogP contribution >= 0.6 is 11.8 Å². The maximum atomic E-state index is 12.1. The van der Waals surface area contributed by atoms with E-state index in [1.807, 2.05) is 24.6 Å². The fourth-order valence-corrected chi connectivity index (χ4v) is 3.30. The molecule has 166 valence electrons. The summed E-state index contributed by atoms with van der Waals surface area (Å²) >= 11 is 1.22. The summed E-state index contributed by atoms with van der Waals surface area (Å²) in [7, 11) is 1.61. The van der Waals surface area contributed by atoms with Crippen molar-refractivity contribution in [1.29, 1.82) is 0 Å². The van der Waals surface area contributed by atoms with E-state index in [0.29, 0.717) is 43.2 Å². The van der Waals surface area contributed by atoms with Crippen molar-refractivity contribution in [2.75, 3.05) is 39.2 Å². The van der Waals surface area contributed by atoms with Crippen LogP contribution in [0.4, 0.5) is 0 Å². The molecule has 2 aromatic heterocycles. The lowest BCUT2D eigenvalue weighted by Gasteiger charge is -2.10. The molecule has 0 atom stereocenters. The molecule has 11 nitrogen and oxygen atoms in total. The first kappa shape index (κ1) is 23.7. The molecule has 2 aromatic rings. The highest BCUT2D eigenvalue weighted by molar-refractivity contribution is 7.99. The number of amides is 1. The zero-order valence-corrected chi connectivity index (χ0v) is 18.5. The Morgan fingerprint density at radius 1 is 1.20 bits per heavy atom. The van der Waals surface area contributed by atoms with Gasteiger partial charge in [-0.25, -0.2) is 0 Å². The molecule has 30 heavy (non-hydrogen) atoms. The van der Waals surface area contributed by atoms with E-state index in [1.54, 1.807) is 18.7 Å². The van der Waals surface area contributed by atoms with E-state index in [0.717, 1.165) is 5.56 Å². The minimum absolute atomic E-state index is 0.0804. The highest BCUT2D eigenvalue weighted by Crippen LogP contribution is 2.30. The number of thioether (sulfide) groups is 1. The Labute approximate surface area is 179 Å². The Morgan fingerprint density at radius 3 is 2.67 bits per heavy atom. The number of methoxy groups -OCH3 is 1. The fraction of sp³-hybridized carbons (Fsp3) is 0.611. The van der Waals surface area contributed by atoms with Crippen LogP contribution in [0.3, 0.4) is 0 Å². The summed E-state index contributed by atoms with van der Waals surface area (Å²) in [6.45, 7) is 7.79. The SMILES string of the molecule is CCOC(=O)CNC(=O)CSc1nnc(-c2cn(CC)nc2OCC)n1CCOC.